The number of hydrogen-bond donors (Lipinski definition) is 3. The van der Waals surface area contributed by atoms with E-state index in [0.717, 1.165) is 19.1 Å². The van der Waals surface area contributed by atoms with Gasteiger partial charge < -0.3 is 15.3 Å². The van der Waals surface area contributed by atoms with Gasteiger partial charge in [-0.05, 0) is 25.0 Å². The van der Waals surface area contributed by atoms with E-state index in [1.54, 1.807) is 0 Å². The number of nitroso groups, excluding NO2 is 1. The third kappa shape index (κ3) is 4.20. The fourth-order valence-electron chi connectivity index (χ4n) is 1.71. The van der Waals surface area contributed by atoms with Gasteiger partial charge >= 0.3 is 5.69 Å². The Bertz CT molecular complexity index is 578. The van der Waals surface area contributed by atoms with Gasteiger partial charge in [0.25, 0.3) is 0 Å². The Morgan fingerprint density at radius 3 is 2.59 bits per heavy atom. The molecule has 10 heteroatoms. The number of phenols is 1. The first-order valence-corrected chi connectivity index (χ1v) is 6.20. The Hall–Kier alpha value is -2.59. The topological polar surface area (TPSA) is 154 Å². The van der Waals surface area contributed by atoms with E-state index >= 15 is 0 Å². The van der Waals surface area contributed by atoms with Gasteiger partial charge in [-0.2, -0.15) is 0 Å². The minimum absolute atomic E-state index is 0.0640. The van der Waals surface area contributed by atoms with Crippen LogP contribution in [0.15, 0.2) is 23.5 Å². The predicted octanol–water partition coefficient (Wildman–Crippen LogP) is 0.0946. The molecule has 0 saturated heterocycles. The van der Waals surface area contributed by atoms with Crippen molar-refractivity contribution < 1.29 is 25.0 Å². The lowest BCUT2D eigenvalue weighted by Gasteiger charge is -2.24. The van der Waals surface area contributed by atoms with E-state index in [1.165, 1.54) is 6.07 Å². The van der Waals surface area contributed by atoms with Gasteiger partial charge in [0.15, 0.2) is 23.9 Å². The van der Waals surface area contributed by atoms with Crippen LogP contribution in [0.5, 0.6) is 5.75 Å². The lowest BCUT2D eigenvalue weighted by atomic mass is 10.1. The van der Waals surface area contributed by atoms with Crippen LogP contribution < -0.4 is 0 Å². The molecule has 0 amide bonds. The summed E-state index contributed by atoms with van der Waals surface area (Å²) in [4.78, 5) is 31.6. The number of aliphatic hydroxyl groups excluding tert-OH is 2. The maximum Gasteiger partial charge on any atom is 0.310 e. The number of Topliss-reactive ketones (excluding diaryl/α,β-unsaturated/α-hetero) is 1. The molecule has 0 saturated carbocycles. The van der Waals surface area contributed by atoms with Crippen LogP contribution in [0, 0.1) is 15.0 Å². The van der Waals surface area contributed by atoms with Crippen LogP contribution in [-0.4, -0.2) is 49.9 Å². The molecule has 22 heavy (non-hydrogen) atoms. The molecule has 0 spiro atoms. The number of benzene rings is 1. The molecular formula is C12H15N3O7. The van der Waals surface area contributed by atoms with Crippen LogP contribution in [0.3, 0.4) is 0 Å². The molecule has 2 unspecified atom stereocenters. The molecule has 0 radical (unpaired) electrons. The first-order valence-electron chi connectivity index (χ1n) is 6.20. The van der Waals surface area contributed by atoms with E-state index < -0.39 is 34.5 Å². The van der Waals surface area contributed by atoms with Gasteiger partial charge in [-0.1, -0.05) is 6.07 Å². The minimum Gasteiger partial charge on any atom is -0.502 e. The zero-order valence-electron chi connectivity index (χ0n) is 11.6. The summed E-state index contributed by atoms with van der Waals surface area (Å²) in [7, 11) is 0. The SMILES string of the molecule is CC(=O)C(O)C(O)N(CCc1ccc(O)c([N+](=O)[O-])c1)N=O. The average molecular weight is 313 g/mol. The molecule has 0 aliphatic carbocycles. The molecule has 1 aromatic carbocycles. The molecule has 3 N–H and O–H groups in total. The summed E-state index contributed by atoms with van der Waals surface area (Å²) in [6.07, 6.45) is -3.52. The Balaban J connectivity index is 2.79. The highest BCUT2D eigenvalue weighted by atomic mass is 16.6. The van der Waals surface area contributed by atoms with Crippen LogP contribution >= 0.6 is 0 Å². The number of aliphatic hydroxyl groups is 2. The zero-order valence-corrected chi connectivity index (χ0v) is 11.6. The lowest BCUT2D eigenvalue weighted by molar-refractivity contribution is -0.385. The Morgan fingerprint density at radius 2 is 2.09 bits per heavy atom. The first kappa shape index (κ1) is 17.5. The highest BCUT2D eigenvalue weighted by molar-refractivity contribution is 5.80. The molecule has 0 heterocycles. The number of carbonyl (C=O) groups excluding carboxylic acids is 1. The minimum atomic E-state index is -1.80. The number of nitrogens with zero attached hydrogens (tertiary/aromatic N) is 3. The smallest absolute Gasteiger partial charge is 0.310 e. The summed E-state index contributed by atoms with van der Waals surface area (Å²) in [6.45, 7) is 0.858. The van der Waals surface area contributed by atoms with Gasteiger partial charge in [0.1, 0.15) is 0 Å². The number of hydrogen-bond acceptors (Lipinski definition) is 8. The van der Waals surface area contributed by atoms with Crippen molar-refractivity contribution in [3.8, 4) is 5.75 Å². The number of phenolic OH excluding ortho intramolecular Hbond substituents is 1. The zero-order chi connectivity index (χ0) is 16.9. The van der Waals surface area contributed by atoms with Gasteiger partial charge in [0, 0.05) is 12.6 Å². The van der Waals surface area contributed by atoms with Crippen molar-refractivity contribution in [3.63, 3.8) is 0 Å². The molecule has 0 aliphatic heterocycles. The number of aromatic hydroxyl groups is 1. The van der Waals surface area contributed by atoms with Gasteiger partial charge in [0.05, 0.1) is 10.2 Å². The third-order valence-corrected chi connectivity index (χ3v) is 2.98. The van der Waals surface area contributed by atoms with Gasteiger partial charge in [-0.25, -0.2) is 5.01 Å². The van der Waals surface area contributed by atoms with Crippen molar-refractivity contribution in [3.05, 3.63) is 38.8 Å². The third-order valence-electron chi connectivity index (χ3n) is 2.98. The van der Waals surface area contributed by atoms with Crippen LogP contribution in [0.4, 0.5) is 5.69 Å². The second-order valence-corrected chi connectivity index (χ2v) is 4.54. The Morgan fingerprint density at radius 1 is 1.45 bits per heavy atom. The number of rotatable bonds is 8. The largest absolute Gasteiger partial charge is 0.502 e. The molecule has 2 atom stereocenters. The summed E-state index contributed by atoms with van der Waals surface area (Å²) >= 11 is 0. The molecule has 1 rings (SSSR count). The van der Waals surface area contributed by atoms with Crippen molar-refractivity contribution in [2.24, 2.45) is 5.29 Å². The normalized spacial score (nSPS) is 13.2. The van der Waals surface area contributed by atoms with E-state index in [0.29, 0.717) is 10.6 Å². The average Bonchev–Trinajstić information content (AvgIpc) is 2.47. The number of carbonyl (C=O) groups is 1. The summed E-state index contributed by atoms with van der Waals surface area (Å²) < 4.78 is 0. The van der Waals surface area contributed by atoms with E-state index in [9.17, 15) is 35.1 Å². The number of ketones is 1. The fourth-order valence-corrected chi connectivity index (χ4v) is 1.71. The quantitative estimate of drug-likeness (QED) is 0.264. The van der Waals surface area contributed by atoms with E-state index in [1.807, 2.05) is 0 Å². The second-order valence-electron chi connectivity index (χ2n) is 4.54. The maximum absolute atomic E-state index is 11.0. The molecule has 120 valence electrons. The van der Waals surface area contributed by atoms with Gasteiger partial charge in [0.2, 0.25) is 0 Å². The van der Waals surface area contributed by atoms with Crippen LogP contribution in [0.25, 0.3) is 0 Å². The van der Waals surface area contributed by atoms with E-state index in [4.69, 9.17) is 0 Å². The van der Waals surface area contributed by atoms with Crippen molar-refractivity contribution in [1.82, 2.24) is 5.01 Å². The monoisotopic (exact) mass is 313 g/mol. The van der Waals surface area contributed by atoms with E-state index in [-0.39, 0.29) is 13.0 Å². The molecular weight excluding hydrogens is 298 g/mol. The van der Waals surface area contributed by atoms with Crippen LogP contribution in [0.2, 0.25) is 0 Å². The standard InChI is InChI=1S/C12H15N3O7/c1-7(16)11(18)12(19)14(13-20)5-4-8-2-3-10(17)9(6-8)15(21)22/h2-3,6,11-12,17-19H,4-5H2,1H3. The lowest BCUT2D eigenvalue weighted by Crippen LogP contribution is -2.44. The van der Waals surface area contributed by atoms with Crippen molar-refractivity contribution in [2.45, 2.75) is 25.7 Å². The summed E-state index contributed by atoms with van der Waals surface area (Å²) in [5, 5.41) is 42.1. The summed E-state index contributed by atoms with van der Waals surface area (Å²) in [5.41, 5.74) is -0.0879. The van der Waals surface area contributed by atoms with E-state index in [2.05, 4.69) is 5.29 Å². The summed E-state index contributed by atoms with van der Waals surface area (Å²) in [6, 6.07) is 3.65. The molecule has 0 aliphatic rings. The molecule has 1 aromatic rings. The maximum atomic E-state index is 11.0. The highest BCUT2D eigenvalue weighted by Crippen LogP contribution is 2.26. The van der Waals surface area contributed by atoms with Crippen molar-refractivity contribution in [2.75, 3.05) is 6.54 Å². The Kier molecular flexibility index (Phi) is 5.90. The number of nitro groups is 1. The molecule has 0 fully saturated rings. The highest BCUT2D eigenvalue weighted by Gasteiger charge is 2.27. The van der Waals surface area contributed by atoms with Crippen molar-refractivity contribution >= 4 is 11.5 Å². The van der Waals surface area contributed by atoms with Crippen LogP contribution in [-0.2, 0) is 11.2 Å². The summed E-state index contributed by atoms with van der Waals surface area (Å²) in [5.74, 6) is -1.23. The first-order chi connectivity index (χ1) is 10.3. The fraction of sp³-hybridized carbons (Fsp3) is 0.417. The van der Waals surface area contributed by atoms with Crippen molar-refractivity contribution in [1.29, 1.82) is 0 Å². The molecule has 0 bridgehead atoms. The second kappa shape index (κ2) is 7.43. The predicted molar refractivity (Wildman–Crippen MR) is 73.7 cm³/mol. The number of nitro benzene ring substituents is 1. The van der Waals surface area contributed by atoms with Gasteiger partial charge in [-0.15, -0.1) is 4.91 Å². The Labute approximate surface area is 124 Å². The van der Waals surface area contributed by atoms with Gasteiger partial charge in [-0.3, -0.25) is 14.9 Å². The molecule has 0 aromatic heterocycles. The van der Waals surface area contributed by atoms with Crippen LogP contribution in [0.1, 0.15) is 12.5 Å². The molecule has 10 nitrogen and oxygen atoms in total.